The summed E-state index contributed by atoms with van der Waals surface area (Å²) in [5, 5.41) is 1.31. The van der Waals surface area contributed by atoms with Crippen molar-refractivity contribution in [2.75, 3.05) is 0 Å². The second kappa shape index (κ2) is 5.66. The first-order valence-corrected chi connectivity index (χ1v) is 8.14. The highest BCUT2D eigenvalue weighted by Gasteiger charge is 2.12. The zero-order chi connectivity index (χ0) is 13.2. The lowest BCUT2D eigenvalue weighted by atomic mass is 10.1. The van der Waals surface area contributed by atoms with Gasteiger partial charge >= 0.3 is 0 Å². The molecule has 3 rings (SSSR count). The van der Waals surface area contributed by atoms with E-state index in [2.05, 4.69) is 58.4 Å². The standard InChI is InChI=1S/C16H12BrClS/c17-13-6-3-4-11(8-13)9-14(18)16-10-12-5-1-2-7-15(12)19-16/h1-8,10,14H,9H2. The predicted octanol–water partition coefficient (Wildman–Crippen LogP) is 6.19. The third-order valence-corrected chi connectivity index (χ3v) is 5.30. The van der Waals surface area contributed by atoms with E-state index in [0.717, 1.165) is 10.9 Å². The minimum atomic E-state index is 0.0340. The molecule has 3 aromatic rings. The first-order chi connectivity index (χ1) is 9.22. The second-order valence-electron chi connectivity index (χ2n) is 4.49. The van der Waals surface area contributed by atoms with Crippen molar-refractivity contribution in [3.63, 3.8) is 0 Å². The van der Waals surface area contributed by atoms with E-state index >= 15 is 0 Å². The van der Waals surface area contributed by atoms with Gasteiger partial charge in [0.2, 0.25) is 0 Å². The third-order valence-electron chi connectivity index (χ3n) is 3.06. The van der Waals surface area contributed by atoms with Crippen LogP contribution in [0.2, 0.25) is 0 Å². The van der Waals surface area contributed by atoms with Crippen molar-refractivity contribution in [3.05, 3.63) is 69.5 Å². The molecular formula is C16H12BrClS. The lowest BCUT2D eigenvalue weighted by Crippen LogP contribution is -1.93. The van der Waals surface area contributed by atoms with Crippen molar-refractivity contribution in [3.8, 4) is 0 Å². The number of hydrogen-bond donors (Lipinski definition) is 0. The minimum Gasteiger partial charge on any atom is -0.139 e. The Labute approximate surface area is 130 Å². The molecule has 0 fully saturated rings. The van der Waals surface area contributed by atoms with Gasteiger partial charge in [0.05, 0.1) is 5.38 Å². The number of fused-ring (bicyclic) bond motifs is 1. The van der Waals surface area contributed by atoms with E-state index in [1.54, 1.807) is 11.3 Å². The predicted molar refractivity (Wildman–Crippen MR) is 88.3 cm³/mol. The summed E-state index contributed by atoms with van der Waals surface area (Å²) in [6.07, 6.45) is 0.855. The van der Waals surface area contributed by atoms with Crippen molar-refractivity contribution < 1.29 is 0 Å². The van der Waals surface area contributed by atoms with E-state index in [-0.39, 0.29) is 5.38 Å². The van der Waals surface area contributed by atoms with Gasteiger partial charge < -0.3 is 0 Å². The summed E-state index contributed by atoms with van der Waals surface area (Å²) in [4.78, 5) is 1.24. The Morgan fingerprint density at radius 1 is 1.05 bits per heavy atom. The highest BCUT2D eigenvalue weighted by Crippen LogP contribution is 2.35. The SMILES string of the molecule is ClC(Cc1cccc(Br)c1)c1cc2ccccc2s1. The Morgan fingerprint density at radius 2 is 1.89 bits per heavy atom. The summed E-state index contributed by atoms with van der Waals surface area (Å²) in [6.45, 7) is 0. The van der Waals surface area contributed by atoms with Crippen LogP contribution in [-0.4, -0.2) is 0 Å². The van der Waals surface area contributed by atoms with Gasteiger partial charge in [0.15, 0.2) is 0 Å². The van der Waals surface area contributed by atoms with Crippen LogP contribution < -0.4 is 0 Å². The average molecular weight is 352 g/mol. The molecule has 1 unspecified atom stereocenters. The number of benzene rings is 2. The van der Waals surface area contributed by atoms with Gasteiger partial charge in [-0.2, -0.15) is 0 Å². The van der Waals surface area contributed by atoms with Gasteiger partial charge in [-0.25, -0.2) is 0 Å². The van der Waals surface area contributed by atoms with Gasteiger partial charge in [-0.1, -0.05) is 46.3 Å². The van der Waals surface area contributed by atoms with Crippen LogP contribution in [0.25, 0.3) is 10.1 Å². The molecule has 0 saturated heterocycles. The van der Waals surface area contributed by atoms with Crippen LogP contribution in [0.4, 0.5) is 0 Å². The molecule has 2 aromatic carbocycles. The van der Waals surface area contributed by atoms with E-state index in [9.17, 15) is 0 Å². The molecule has 0 saturated carbocycles. The highest BCUT2D eigenvalue weighted by atomic mass is 79.9. The maximum atomic E-state index is 6.56. The second-order valence-corrected chi connectivity index (χ2v) is 7.05. The van der Waals surface area contributed by atoms with Gasteiger partial charge in [0, 0.05) is 14.0 Å². The Balaban J connectivity index is 1.85. The van der Waals surface area contributed by atoms with Gasteiger partial charge in [0.25, 0.3) is 0 Å². The minimum absolute atomic E-state index is 0.0340. The normalized spacial score (nSPS) is 12.7. The molecule has 0 aliphatic rings. The van der Waals surface area contributed by atoms with Crippen LogP contribution in [0.15, 0.2) is 59.1 Å². The van der Waals surface area contributed by atoms with E-state index in [4.69, 9.17) is 11.6 Å². The van der Waals surface area contributed by atoms with Crippen LogP contribution >= 0.6 is 38.9 Å². The van der Waals surface area contributed by atoms with Crippen molar-refractivity contribution in [1.82, 2.24) is 0 Å². The molecule has 0 amide bonds. The summed E-state index contributed by atoms with van der Waals surface area (Å²) in [5.74, 6) is 0. The molecule has 3 heteroatoms. The van der Waals surface area contributed by atoms with Crippen LogP contribution in [-0.2, 0) is 6.42 Å². The lowest BCUT2D eigenvalue weighted by molar-refractivity contribution is 0.940. The molecule has 0 nitrogen and oxygen atoms in total. The number of hydrogen-bond acceptors (Lipinski definition) is 1. The van der Waals surface area contributed by atoms with E-state index in [1.807, 2.05) is 12.1 Å². The maximum Gasteiger partial charge on any atom is 0.0719 e. The van der Waals surface area contributed by atoms with Crippen LogP contribution in [0, 0.1) is 0 Å². The Kier molecular flexibility index (Phi) is 3.92. The van der Waals surface area contributed by atoms with E-state index in [0.29, 0.717) is 0 Å². The quantitative estimate of drug-likeness (QED) is 0.494. The molecule has 19 heavy (non-hydrogen) atoms. The monoisotopic (exact) mass is 350 g/mol. The van der Waals surface area contributed by atoms with Gasteiger partial charge in [0.1, 0.15) is 0 Å². The third kappa shape index (κ3) is 3.02. The highest BCUT2D eigenvalue weighted by molar-refractivity contribution is 9.10. The van der Waals surface area contributed by atoms with Crippen molar-refractivity contribution in [2.24, 2.45) is 0 Å². The molecular weight excluding hydrogens is 340 g/mol. The fraction of sp³-hybridized carbons (Fsp3) is 0.125. The number of thiophene rings is 1. The van der Waals surface area contributed by atoms with Crippen molar-refractivity contribution in [2.45, 2.75) is 11.8 Å². The zero-order valence-corrected chi connectivity index (χ0v) is 13.3. The number of rotatable bonds is 3. The molecule has 96 valence electrons. The maximum absolute atomic E-state index is 6.56. The summed E-state index contributed by atoms with van der Waals surface area (Å²) in [6, 6.07) is 19.0. The van der Waals surface area contributed by atoms with Gasteiger partial charge in [-0.15, -0.1) is 22.9 Å². The Morgan fingerprint density at radius 3 is 2.68 bits per heavy atom. The molecule has 1 heterocycles. The number of alkyl halides is 1. The van der Waals surface area contributed by atoms with Gasteiger partial charge in [-0.3, -0.25) is 0 Å². The fourth-order valence-corrected chi connectivity index (χ4v) is 3.99. The molecule has 0 aliphatic heterocycles. The molecule has 0 spiro atoms. The summed E-state index contributed by atoms with van der Waals surface area (Å²) >= 11 is 11.8. The van der Waals surface area contributed by atoms with Crippen LogP contribution in [0.1, 0.15) is 15.8 Å². The molecule has 0 radical (unpaired) electrons. The number of halogens is 2. The topological polar surface area (TPSA) is 0 Å². The van der Waals surface area contributed by atoms with Crippen LogP contribution in [0.3, 0.4) is 0 Å². The van der Waals surface area contributed by atoms with E-state index in [1.165, 1.54) is 20.5 Å². The fourth-order valence-electron chi connectivity index (χ4n) is 2.13. The first-order valence-electron chi connectivity index (χ1n) is 6.09. The molecule has 0 bridgehead atoms. The Hall–Kier alpha value is -0.830. The van der Waals surface area contributed by atoms with Crippen molar-refractivity contribution in [1.29, 1.82) is 0 Å². The summed E-state index contributed by atoms with van der Waals surface area (Å²) < 4.78 is 2.41. The average Bonchev–Trinajstić information content (AvgIpc) is 2.82. The molecule has 1 aromatic heterocycles. The summed E-state index contributed by atoms with van der Waals surface area (Å²) in [5.41, 5.74) is 1.26. The Bertz CT molecular complexity index is 672. The zero-order valence-electron chi connectivity index (χ0n) is 10.1. The smallest absolute Gasteiger partial charge is 0.0719 e. The first kappa shape index (κ1) is 13.2. The van der Waals surface area contributed by atoms with Crippen LogP contribution in [0.5, 0.6) is 0 Å². The van der Waals surface area contributed by atoms with Crippen molar-refractivity contribution >= 4 is 49.0 Å². The summed E-state index contributed by atoms with van der Waals surface area (Å²) in [7, 11) is 0. The molecule has 1 atom stereocenters. The lowest BCUT2D eigenvalue weighted by Gasteiger charge is -2.07. The molecule has 0 N–H and O–H groups in total. The van der Waals surface area contributed by atoms with Gasteiger partial charge in [-0.05, 0) is 41.6 Å². The molecule has 0 aliphatic carbocycles. The largest absolute Gasteiger partial charge is 0.139 e. The van der Waals surface area contributed by atoms with E-state index < -0.39 is 0 Å².